The fourth-order valence-corrected chi connectivity index (χ4v) is 4.61. The molecule has 0 saturated carbocycles. The van der Waals surface area contributed by atoms with Gasteiger partial charge in [0, 0.05) is 10.7 Å². The molecule has 6 nitrogen and oxygen atoms in total. The normalized spacial score (nSPS) is 11.1. The van der Waals surface area contributed by atoms with Crippen LogP contribution in [0.4, 0.5) is 11.4 Å². The van der Waals surface area contributed by atoms with Crippen molar-refractivity contribution in [2.45, 2.75) is 25.7 Å². The summed E-state index contributed by atoms with van der Waals surface area (Å²) in [5.41, 5.74) is 2.58. The number of nitrogens with zero attached hydrogens (tertiary/aromatic N) is 1. The molecule has 1 N–H and O–H groups in total. The standard InChI is InChI=1S/C24H25ClN2O4S/c1-4-31-21-11-8-19(9-12-21)26-24(28)16-27(20-10-7-18(3)23(25)15-20)32(29,30)22-13-5-17(2)6-14-22/h5-15H,4,16H2,1-3H3,(H,26,28). The van der Waals surface area contributed by atoms with Gasteiger partial charge < -0.3 is 10.1 Å². The second-order valence-electron chi connectivity index (χ2n) is 7.26. The number of anilines is 2. The van der Waals surface area contributed by atoms with Crippen LogP contribution in [0.5, 0.6) is 5.75 Å². The van der Waals surface area contributed by atoms with Gasteiger partial charge in [-0.25, -0.2) is 8.42 Å². The number of hydrogen-bond acceptors (Lipinski definition) is 4. The second-order valence-corrected chi connectivity index (χ2v) is 9.53. The Hall–Kier alpha value is -3.03. The number of carbonyl (C=O) groups is 1. The molecule has 0 unspecified atom stereocenters. The third kappa shape index (κ3) is 5.60. The number of carbonyl (C=O) groups excluding carboxylic acids is 1. The minimum Gasteiger partial charge on any atom is -0.494 e. The summed E-state index contributed by atoms with van der Waals surface area (Å²) in [4.78, 5) is 12.9. The van der Waals surface area contributed by atoms with Crippen molar-refractivity contribution in [3.8, 4) is 5.75 Å². The quantitative estimate of drug-likeness (QED) is 0.489. The Morgan fingerprint density at radius 3 is 2.25 bits per heavy atom. The zero-order chi connectivity index (χ0) is 23.3. The fourth-order valence-electron chi connectivity index (χ4n) is 3.02. The Morgan fingerprint density at radius 1 is 1.00 bits per heavy atom. The SMILES string of the molecule is CCOc1ccc(NC(=O)CN(c2ccc(C)c(Cl)c2)S(=O)(=O)c2ccc(C)cc2)cc1. The van der Waals surface area contributed by atoms with Crippen LogP contribution in [-0.4, -0.2) is 27.5 Å². The van der Waals surface area contributed by atoms with Gasteiger partial charge in [0.05, 0.1) is 17.2 Å². The molecule has 0 bridgehead atoms. The molecular weight excluding hydrogens is 448 g/mol. The minimum atomic E-state index is -4.01. The highest BCUT2D eigenvalue weighted by molar-refractivity contribution is 7.92. The molecule has 0 spiro atoms. The lowest BCUT2D eigenvalue weighted by molar-refractivity contribution is -0.114. The summed E-state index contributed by atoms with van der Waals surface area (Å²) in [6.45, 7) is 5.71. The number of rotatable bonds is 8. The van der Waals surface area contributed by atoms with Crippen LogP contribution < -0.4 is 14.4 Å². The molecule has 0 aliphatic rings. The number of halogens is 1. The Labute approximate surface area is 193 Å². The van der Waals surface area contributed by atoms with Crippen molar-refractivity contribution in [3.63, 3.8) is 0 Å². The van der Waals surface area contributed by atoms with E-state index in [0.717, 1.165) is 15.4 Å². The van der Waals surface area contributed by atoms with Crippen LogP contribution in [0.2, 0.25) is 5.02 Å². The van der Waals surface area contributed by atoms with Crippen molar-refractivity contribution >= 4 is 38.9 Å². The predicted molar refractivity (Wildman–Crippen MR) is 128 cm³/mol. The maximum Gasteiger partial charge on any atom is 0.264 e. The smallest absolute Gasteiger partial charge is 0.264 e. The molecule has 0 atom stereocenters. The molecule has 3 aromatic carbocycles. The zero-order valence-electron chi connectivity index (χ0n) is 18.1. The molecule has 3 rings (SSSR count). The van der Waals surface area contributed by atoms with Crippen molar-refractivity contribution in [1.82, 2.24) is 0 Å². The van der Waals surface area contributed by atoms with Gasteiger partial charge in [0.25, 0.3) is 10.0 Å². The van der Waals surface area contributed by atoms with Crippen molar-refractivity contribution < 1.29 is 17.9 Å². The van der Waals surface area contributed by atoms with Gasteiger partial charge in [-0.3, -0.25) is 9.10 Å². The first kappa shape index (κ1) is 23.6. The minimum absolute atomic E-state index is 0.0914. The van der Waals surface area contributed by atoms with E-state index in [0.29, 0.717) is 28.8 Å². The number of hydrogen-bond donors (Lipinski definition) is 1. The summed E-state index contributed by atoms with van der Waals surface area (Å²) in [7, 11) is -4.01. The highest BCUT2D eigenvalue weighted by atomic mass is 35.5. The molecule has 168 valence electrons. The van der Waals surface area contributed by atoms with Crippen molar-refractivity contribution in [1.29, 1.82) is 0 Å². The lowest BCUT2D eigenvalue weighted by Gasteiger charge is -2.24. The van der Waals surface area contributed by atoms with E-state index in [1.165, 1.54) is 12.1 Å². The highest BCUT2D eigenvalue weighted by Gasteiger charge is 2.27. The lowest BCUT2D eigenvalue weighted by atomic mass is 10.2. The first-order valence-electron chi connectivity index (χ1n) is 10.1. The molecule has 0 aromatic heterocycles. The van der Waals surface area contributed by atoms with Crippen LogP contribution in [0.25, 0.3) is 0 Å². The van der Waals surface area contributed by atoms with Gasteiger partial charge in [0.2, 0.25) is 5.91 Å². The van der Waals surface area contributed by atoms with Gasteiger partial charge in [-0.05, 0) is 74.9 Å². The molecule has 0 heterocycles. The molecule has 0 radical (unpaired) electrons. The first-order valence-corrected chi connectivity index (χ1v) is 11.9. The first-order chi connectivity index (χ1) is 15.2. The van der Waals surface area contributed by atoms with E-state index in [2.05, 4.69) is 5.32 Å². The molecule has 0 saturated heterocycles. The van der Waals surface area contributed by atoms with E-state index in [-0.39, 0.29) is 4.90 Å². The van der Waals surface area contributed by atoms with E-state index in [9.17, 15) is 13.2 Å². The number of aryl methyl sites for hydroxylation is 2. The molecule has 8 heteroatoms. The van der Waals surface area contributed by atoms with Crippen molar-refractivity contribution in [3.05, 3.63) is 82.9 Å². The van der Waals surface area contributed by atoms with Crippen molar-refractivity contribution in [2.75, 3.05) is 22.8 Å². The average molecular weight is 473 g/mol. The topological polar surface area (TPSA) is 75.7 Å². The second kappa shape index (κ2) is 10.1. The molecular formula is C24H25ClN2O4S. The van der Waals surface area contributed by atoms with Gasteiger partial charge in [-0.1, -0.05) is 35.4 Å². The summed E-state index contributed by atoms with van der Waals surface area (Å²) in [5, 5.41) is 3.15. The molecule has 0 aliphatic carbocycles. The van der Waals surface area contributed by atoms with E-state index in [4.69, 9.17) is 16.3 Å². The fraction of sp³-hybridized carbons (Fsp3) is 0.208. The largest absolute Gasteiger partial charge is 0.494 e. The maximum absolute atomic E-state index is 13.4. The summed E-state index contributed by atoms with van der Waals surface area (Å²) >= 11 is 6.25. The van der Waals surface area contributed by atoms with Gasteiger partial charge >= 0.3 is 0 Å². The number of sulfonamides is 1. The number of nitrogens with one attached hydrogen (secondary N) is 1. The number of ether oxygens (including phenoxy) is 1. The zero-order valence-corrected chi connectivity index (χ0v) is 19.7. The third-order valence-electron chi connectivity index (χ3n) is 4.79. The van der Waals surface area contributed by atoms with Crippen LogP contribution >= 0.6 is 11.6 Å². The molecule has 0 fully saturated rings. The lowest BCUT2D eigenvalue weighted by Crippen LogP contribution is -2.38. The Morgan fingerprint density at radius 2 is 1.66 bits per heavy atom. The summed E-state index contributed by atoms with van der Waals surface area (Å²) in [6.07, 6.45) is 0. The van der Waals surface area contributed by atoms with Crippen molar-refractivity contribution in [2.24, 2.45) is 0 Å². The third-order valence-corrected chi connectivity index (χ3v) is 6.98. The molecule has 32 heavy (non-hydrogen) atoms. The summed E-state index contributed by atoms with van der Waals surface area (Å²) in [6, 6.07) is 18.3. The Kier molecular flexibility index (Phi) is 7.43. The summed E-state index contributed by atoms with van der Waals surface area (Å²) < 4.78 is 33.3. The van der Waals surface area contributed by atoms with Gasteiger partial charge in [-0.2, -0.15) is 0 Å². The van der Waals surface area contributed by atoms with E-state index >= 15 is 0 Å². The Balaban J connectivity index is 1.90. The number of amides is 1. The van der Waals surface area contributed by atoms with E-state index in [1.807, 2.05) is 20.8 Å². The van der Waals surface area contributed by atoms with Crippen LogP contribution in [0.3, 0.4) is 0 Å². The van der Waals surface area contributed by atoms with Gasteiger partial charge in [0.15, 0.2) is 0 Å². The molecule has 1 amide bonds. The Bertz CT molecular complexity index is 1190. The average Bonchev–Trinajstić information content (AvgIpc) is 2.76. The summed E-state index contributed by atoms with van der Waals surface area (Å²) in [5.74, 6) is 0.199. The van der Waals surface area contributed by atoms with Crippen LogP contribution in [0, 0.1) is 13.8 Å². The predicted octanol–water partition coefficient (Wildman–Crippen LogP) is 5.19. The van der Waals surface area contributed by atoms with Crippen LogP contribution in [-0.2, 0) is 14.8 Å². The van der Waals surface area contributed by atoms with Gasteiger partial charge in [-0.15, -0.1) is 0 Å². The number of benzene rings is 3. The highest BCUT2D eigenvalue weighted by Crippen LogP contribution is 2.28. The van der Waals surface area contributed by atoms with Gasteiger partial charge in [0.1, 0.15) is 12.3 Å². The van der Waals surface area contributed by atoms with Crippen LogP contribution in [0.1, 0.15) is 18.1 Å². The maximum atomic E-state index is 13.4. The van der Waals surface area contributed by atoms with Crippen LogP contribution in [0.15, 0.2) is 71.6 Å². The molecule has 0 aliphatic heterocycles. The van der Waals surface area contributed by atoms with E-state index in [1.54, 1.807) is 54.6 Å². The van der Waals surface area contributed by atoms with E-state index < -0.39 is 22.5 Å². The monoisotopic (exact) mass is 472 g/mol. The molecule has 3 aromatic rings.